The van der Waals surface area contributed by atoms with Gasteiger partial charge in [0.1, 0.15) is 17.6 Å². The van der Waals surface area contributed by atoms with Gasteiger partial charge in [-0.05, 0) is 6.92 Å². The molecule has 0 saturated carbocycles. The van der Waals surface area contributed by atoms with E-state index >= 15 is 0 Å². The van der Waals surface area contributed by atoms with Crippen LogP contribution >= 0.6 is 11.6 Å². The van der Waals surface area contributed by atoms with Crippen molar-refractivity contribution in [2.75, 3.05) is 6.61 Å². The third-order valence-corrected chi connectivity index (χ3v) is 2.92. The molecule has 7 heteroatoms. The average molecular weight is 296 g/mol. The van der Waals surface area contributed by atoms with Crippen molar-refractivity contribution in [2.45, 2.75) is 40.2 Å². The third kappa shape index (κ3) is 3.32. The van der Waals surface area contributed by atoms with Crippen LogP contribution in [0.25, 0.3) is 5.82 Å². The fourth-order valence-corrected chi connectivity index (χ4v) is 1.97. The van der Waals surface area contributed by atoms with Crippen molar-refractivity contribution in [3.8, 4) is 5.82 Å². The van der Waals surface area contributed by atoms with Gasteiger partial charge in [0.05, 0.1) is 0 Å². The summed E-state index contributed by atoms with van der Waals surface area (Å²) in [5, 5.41) is 4.82. The van der Waals surface area contributed by atoms with Crippen LogP contribution in [-0.4, -0.2) is 31.3 Å². The summed E-state index contributed by atoms with van der Waals surface area (Å²) < 4.78 is 7.04. The van der Waals surface area contributed by atoms with Gasteiger partial charge in [-0.1, -0.05) is 25.4 Å². The lowest BCUT2D eigenvalue weighted by Crippen LogP contribution is -2.08. The van der Waals surface area contributed by atoms with Crippen LogP contribution in [0.2, 0.25) is 5.15 Å². The molecule has 2 aromatic heterocycles. The maximum Gasteiger partial charge on any atom is 0.160 e. The number of nitrogens with zero attached hydrogens (tertiary/aromatic N) is 5. The first kappa shape index (κ1) is 14.9. The Hall–Kier alpha value is -1.53. The van der Waals surface area contributed by atoms with Crippen LogP contribution in [0.5, 0.6) is 0 Å². The molecule has 2 rings (SSSR count). The maximum atomic E-state index is 6.05. The van der Waals surface area contributed by atoms with Crippen molar-refractivity contribution in [2.24, 2.45) is 0 Å². The predicted octanol–water partition coefficient (Wildman–Crippen LogP) is 2.37. The molecule has 0 aromatic carbocycles. The second-order valence-corrected chi connectivity index (χ2v) is 4.55. The zero-order valence-corrected chi connectivity index (χ0v) is 12.7. The molecule has 2 heterocycles. The smallest absolute Gasteiger partial charge is 0.160 e. The first-order chi connectivity index (χ1) is 9.67. The summed E-state index contributed by atoms with van der Waals surface area (Å²) in [6.07, 6.45) is 1.56. The van der Waals surface area contributed by atoms with E-state index in [0.717, 1.165) is 24.5 Å². The molecule has 108 valence electrons. The lowest BCUT2D eigenvalue weighted by Gasteiger charge is -2.06. The van der Waals surface area contributed by atoms with E-state index in [1.807, 2.05) is 20.8 Å². The lowest BCUT2D eigenvalue weighted by atomic mass is 10.4. The maximum absolute atomic E-state index is 6.05. The number of halogens is 1. The average Bonchev–Trinajstić information content (AvgIpc) is 2.88. The molecule has 0 amide bonds. The van der Waals surface area contributed by atoms with Gasteiger partial charge in [0.2, 0.25) is 0 Å². The van der Waals surface area contributed by atoms with Crippen LogP contribution in [0, 0.1) is 0 Å². The molecule has 0 saturated heterocycles. The molecule has 0 unspecified atom stereocenters. The summed E-state index contributed by atoms with van der Waals surface area (Å²) in [7, 11) is 0. The van der Waals surface area contributed by atoms with E-state index in [1.54, 1.807) is 10.7 Å². The van der Waals surface area contributed by atoms with Crippen LogP contribution < -0.4 is 0 Å². The highest BCUT2D eigenvalue weighted by atomic mass is 35.5. The number of rotatable bonds is 6. The van der Waals surface area contributed by atoms with Gasteiger partial charge in [-0.3, -0.25) is 0 Å². The molecule has 0 aliphatic heterocycles. The highest BCUT2D eigenvalue weighted by Crippen LogP contribution is 2.14. The molecule has 6 nitrogen and oxygen atoms in total. The summed E-state index contributed by atoms with van der Waals surface area (Å²) in [5.41, 5.74) is 0. The van der Waals surface area contributed by atoms with E-state index in [2.05, 4.69) is 20.1 Å². The number of hydrogen-bond acceptors (Lipinski definition) is 5. The molecule has 0 aliphatic rings. The zero-order valence-electron chi connectivity index (χ0n) is 11.9. The minimum atomic E-state index is 0.334. The second kappa shape index (κ2) is 6.76. The molecule has 0 atom stereocenters. The molecule has 2 aromatic rings. The molecular weight excluding hydrogens is 278 g/mol. The monoisotopic (exact) mass is 295 g/mol. The Morgan fingerprint density at radius 3 is 2.55 bits per heavy atom. The SMILES string of the molecule is CCOCc1nc(Cl)cc(-n2nc(CC)nc2CC)n1. The summed E-state index contributed by atoms with van der Waals surface area (Å²) in [5.74, 6) is 2.83. The van der Waals surface area contributed by atoms with Gasteiger partial charge < -0.3 is 4.74 Å². The second-order valence-electron chi connectivity index (χ2n) is 4.17. The predicted molar refractivity (Wildman–Crippen MR) is 76.0 cm³/mol. The molecule has 0 fully saturated rings. The number of hydrogen-bond donors (Lipinski definition) is 0. The summed E-state index contributed by atoms with van der Waals surface area (Å²) >= 11 is 6.05. The van der Waals surface area contributed by atoms with Crippen LogP contribution in [0.4, 0.5) is 0 Å². The van der Waals surface area contributed by atoms with E-state index in [0.29, 0.717) is 30.0 Å². The highest BCUT2D eigenvalue weighted by molar-refractivity contribution is 6.29. The van der Waals surface area contributed by atoms with Gasteiger partial charge in [-0.25, -0.2) is 15.0 Å². The van der Waals surface area contributed by atoms with Gasteiger partial charge >= 0.3 is 0 Å². The van der Waals surface area contributed by atoms with E-state index in [1.165, 1.54) is 0 Å². The fraction of sp³-hybridized carbons (Fsp3) is 0.538. The van der Waals surface area contributed by atoms with Crippen LogP contribution in [-0.2, 0) is 24.2 Å². The van der Waals surface area contributed by atoms with Crippen molar-refractivity contribution in [3.05, 3.63) is 28.7 Å². The molecule has 20 heavy (non-hydrogen) atoms. The first-order valence-corrected chi connectivity index (χ1v) is 7.12. The lowest BCUT2D eigenvalue weighted by molar-refractivity contribution is 0.128. The normalized spacial score (nSPS) is 11.0. The fourth-order valence-electron chi connectivity index (χ4n) is 1.77. The largest absolute Gasteiger partial charge is 0.374 e. The Morgan fingerprint density at radius 1 is 1.10 bits per heavy atom. The summed E-state index contributed by atoms with van der Waals surface area (Å²) in [6.45, 7) is 6.91. The standard InChI is InChI=1S/C13H18ClN5O/c1-4-10-16-12(5-2)19(18-10)13-7-9(14)15-11(17-13)8-20-6-3/h7H,4-6,8H2,1-3H3. The van der Waals surface area contributed by atoms with Crippen LogP contribution in [0.15, 0.2) is 6.07 Å². The van der Waals surface area contributed by atoms with Gasteiger partial charge in [-0.2, -0.15) is 4.68 Å². The molecule has 0 bridgehead atoms. The molecule has 0 spiro atoms. The van der Waals surface area contributed by atoms with Crippen molar-refractivity contribution >= 4 is 11.6 Å². The Morgan fingerprint density at radius 2 is 1.90 bits per heavy atom. The first-order valence-electron chi connectivity index (χ1n) is 6.74. The van der Waals surface area contributed by atoms with Crippen molar-refractivity contribution in [3.63, 3.8) is 0 Å². The van der Waals surface area contributed by atoms with Crippen LogP contribution in [0.1, 0.15) is 38.2 Å². The molecule has 0 N–H and O–H groups in total. The third-order valence-electron chi connectivity index (χ3n) is 2.73. The number of ether oxygens (including phenoxy) is 1. The zero-order chi connectivity index (χ0) is 14.5. The van der Waals surface area contributed by atoms with Crippen molar-refractivity contribution in [1.82, 2.24) is 24.7 Å². The van der Waals surface area contributed by atoms with Crippen molar-refractivity contribution in [1.29, 1.82) is 0 Å². The van der Waals surface area contributed by atoms with Gasteiger partial charge in [-0.15, -0.1) is 5.10 Å². The molecule has 0 aliphatic carbocycles. The minimum absolute atomic E-state index is 0.334. The Kier molecular flexibility index (Phi) is 5.03. The van der Waals surface area contributed by atoms with Crippen molar-refractivity contribution < 1.29 is 4.74 Å². The van der Waals surface area contributed by atoms with E-state index < -0.39 is 0 Å². The Balaban J connectivity index is 2.40. The van der Waals surface area contributed by atoms with E-state index in [-0.39, 0.29) is 0 Å². The Bertz CT molecular complexity index is 584. The van der Waals surface area contributed by atoms with Crippen LogP contribution in [0.3, 0.4) is 0 Å². The highest BCUT2D eigenvalue weighted by Gasteiger charge is 2.12. The van der Waals surface area contributed by atoms with E-state index in [9.17, 15) is 0 Å². The summed E-state index contributed by atoms with van der Waals surface area (Å²) in [4.78, 5) is 13.0. The Labute approximate surface area is 123 Å². The minimum Gasteiger partial charge on any atom is -0.374 e. The number of aryl methyl sites for hydroxylation is 2. The number of aromatic nitrogens is 5. The topological polar surface area (TPSA) is 65.7 Å². The molecule has 0 radical (unpaired) electrons. The van der Waals surface area contributed by atoms with Gasteiger partial charge in [0, 0.05) is 25.5 Å². The summed E-state index contributed by atoms with van der Waals surface area (Å²) in [6, 6.07) is 1.68. The molecular formula is C13H18ClN5O. The van der Waals surface area contributed by atoms with Gasteiger partial charge in [0.15, 0.2) is 17.5 Å². The quantitative estimate of drug-likeness (QED) is 0.766. The van der Waals surface area contributed by atoms with E-state index in [4.69, 9.17) is 16.3 Å². The van der Waals surface area contributed by atoms with Gasteiger partial charge in [0.25, 0.3) is 0 Å².